The Labute approximate surface area is 320 Å². The first-order valence-electron chi connectivity index (χ1n) is 15.4. The largest absolute Gasteiger partial charge is 2.00 e. The van der Waals surface area contributed by atoms with Gasteiger partial charge in [-0.05, 0) is 45.8 Å². The number of rotatable bonds is 4. The zero-order valence-electron chi connectivity index (χ0n) is 26.4. The van der Waals surface area contributed by atoms with Crippen molar-refractivity contribution in [3.63, 3.8) is 0 Å². The van der Waals surface area contributed by atoms with Crippen molar-refractivity contribution in [3.05, 3.63) is 170 Å². The third-order valence-electron chi connectivity index (χ3n) is 8.40. The maximum absolute atomic E-state index is 5.45. The molecule has 0 radical (unpaired) electrons. The van der Waals surface area contributed by atoms with E-state index >= 15 is 0 Å². The van der Waals surface area contributed by atoms with Gasteiger partial charge in [-0.3, -0.25) is 0 Å². The number of thiocarbonyl (C=S) groups is 2. The van der Waals surface area contributed by atoms with E-state index in [4.69, 9.17) is 49.7 Å². The Morgan fingerprint density at radius 2 is 0.531 bits per heavy atom. The number of nitrogens with zero attached hydrogens (tertiary/aromatic N) is 2. The fraction of sp³-hybridized carbons (Fsp3) is 0. The van der Waals surface area contributed by atoms with Gasteiger partial charge in [0, 0.05) is 21.5 Å². The number of anilines is 4. The van der Waals surface area contributed by atoms with Crippen LogP contribution in [0.4, 0.5) is 22.7 Å². The van der Waals surface area contributed by atoms with Crippen LogP contribution in [0.2, 0.25) is 0 Å². The quantitative estimate of drug-likeness (QED) is 0.0996. The minimum absolute atomic E-state index is 0. The van der Waals surface area contributed by atoms with Crippen molar-refractivity contribution >= 4 is 124 Å². The van der Waals surface area contributed by atoms with Gasteiger partial charge in [-0.2, -0.15) is 0 Å². The van der Waals surface area contributed by atoms with E-state index in [0.717, 1.165) is 44.3 Å². The molecule has 0 aromatic heterocycles. The van der Waals surface area contributed by atoms with Gasteiger partial charge in [-0.1, -0.05) is 154 Å². The molecule has 0 spiro atoms. The van der Waals surface area contributed by atoms with Crippen molar-refractivity contribution in [3.8, 4) is 0 Å². The predicted molar refractivity (Wildman–Crippen MR) is 220 cm³/mol. The fourth-order valence-electron chi connectivity index (χ4n) is 6.27. The first kappa shape index (κ1) is 34.5. The Hall–Kier alpha value is -4.36. The minimum atomic E-state index is 0. The number of fused-ring (bicyclic) bond motifs is 4. The van der Waals surface area contributed by atoms with Crippen LogP contribution in [0.3, 0.4) is 0 Å². The Morgan fingerprint density at radius 3 is 0.755 bits per heavy atom. The van der Waals surface area contributed by atoms with Gasteiger partial charge in [0.25, 0.3) is 0 Å². The van der Waals surface area contributed by atoms with Gasteiger partial charge in [0.05, 0.1) is 22.7 Å². The zero-order chi connectivity index (χ0) is 33.0. The van der Waals surface area contributed by atoms with Crippen molar-refractivity contribution in [1.29, 1.82) is 0 Å². The van der Waals surface area contributed by atoms with Gasteiger partial charge < -0.3 is 59.5 Å². The Balaban J connectivity index is 0.000000167. The molecule has 0 aliphatic heterocycles. The van der Waals surface area contributed by atoms with Crippen LogP contribution in [-0.2, 0) is 44.7 Å². The van der Waals surface area contributed by atoms with Crippen molar-refractivity contribution in [2.24, 2.45) is 0 Å². The molecule has 232 valence electrons. The van der Waals surface area contributed by atoms with Gasteiger partial charge in [-0.15, -0.1) is 0 Å². The van der Waals surface area contributed by atoms with E-state index in [1.54, 1.807) is 0 Å². The zero-order valence-corrected chi connectivity index (χ0v) is 32.6. The van der Waals surface area contributed by atoms with Gasteiger partial charge in [0.1, 0.15) is 0 Å². The summed E-state index contributed by atoms with van der Waals surface area (Å²) >= 11 is 21.8. The Morgan fingerprint density at radius 1 is 0.327 bits per heavy atom. The fourth-order valence-corrected chi connectivity index (χ4v) is 7.05. The second kappa shape index (κ2) is 15.5. The molecule has 0 amide bonds. The van der Waals surface area contributed by atoms with Crippen LogP contribution >= 0.6 is 24.4 Å². The number of hydrogen-bond acceptors (Lipinski definition) is 4. The van der Waals surface area contributed by atoms with Gasteiger partial charge in [0.2, 0.25) is 0 Å². The van der Waals surface area contributed by atoms with Crippen LogP contribution < -0.4 is 9.80 Å². The summed E-state index contributed by atoms with van der Waals surface area (Å²) in [4.78, 5) is 3.99. The molecule has 0 aliphatic rings. The van der Waals surface area contributed by atoms with Crippen molar-refractivity contribution < 1.29 is 19.5 Å². The van der Waals surface area contributed by atoms with E-state index in [2.05, 4.69) is 97.1 Å². The summed E-state index contributed by atoms with van der Waals surface area (Å²) in [5.74, 6) is 0. The number of benzene rings is 8. The van der Waals surface area contributed by atoms with Gasteiger partial charge >= 0.3 is 19.5 Å². The number of hydrogen-bond donors (Lipinski definition) is 0. The molecule has 0 aliphatic carbocycles. The summed E-state index contributed by atoms with van der Waals surface area (Å²) < 4.78 is 0.838. The van der Waals surface area contributed by atoms with Crippen LogP contribution in [0, 0.1) is 0 Å². The monoisotopic (exact) mass is 752 g/mol. The first-order chi connectivity index (χ1) is 23.5. The molecule has 0 saturated carbocycles. The van der Waals surface area contributed by atoms with E-state index in [1.165, 1.54) is 21.5 Å². The molecule has 0 N–H and O–H groups in total. The van der Waals surface area contributed by atoms with E-state index in [9.17, 15) is 0 Å². The molecule has 0 atom stereocenters. The van der Waals surface area contributed by atoms with Crippen LogP contribution in [0.25, 0.3) is 43.1 Å². The summed E-state index contributed by atoms with van der Waals surface area (Å²) in [5.41, 5.74) is 4.07. The topological polar surface area (TPSA) is 6.48 Å². The molecular weight excluding hydrogens is 726 g/mol. The standard InChI is InChI=1S/2C21H15NS2.Zn/c2*23-21(24)22(19-13-5-9-15-7-1-3-11-17(15)19)20-14-6-10-16-8-2-4-12-18(16)20;/h2*1-14H,(H,23,24);/q;;+2/p-2. The smallest absolute Gasteiger partial charge is 0.411 e. The summed E-state index contributed by atoms with van der Waals surface area (Å²) in [6, 6.07) is 58.1. The maximum Gasteiger partial charge on any atom is 2.00 e. The van der Waals surface area contributed by atoms with E-state index in [-0.39, 0.29) is 19.5 Å². The summed E-state index contributed by atoms with van der Waals surface area (Å²) in [5, 5.41) is 9.25. The Bertz CT molecular complexity index is 2110. The second-order valence-electron chi connectivity index (χ2n) is 11.2. The molecule has 8 aromatic rings. The summed E-state index contributed by atoms with van der Waals surface area (Å²) in [7, 11) is 0. The molecule has 8 aromatic carbocycles. The van der Waals surface area contributed by atoms with Crippen LogP contribution in [-0.4, -0.2) is 8.64 Å². The van der Waals surface area contributed by atoms with E-state index < -0.39 is 0 Å². The molecular formula is C42H28N2S4Zn. The minimum Gasteiger partial charge on any atom is -0.411 e. The molecule has 0 heterocycles. The van der Waals surface area contributed by atoms with Gasteiger partial charge in [0.15, 0.2) is 0 Å². The predicted octanol–water partition coefficient (Wildman–Crippen LogP) is 11.9. The van der Waals surface area contributed by atoms with Crippen molar-refractivity contribution in [2.75, 3.05) is 9.80 Å². The molecule has 8 rings (SSSR count). The van der Waals surface area contributed by atoms with Crippen LogP contribution in [0.1, 0.15) is 0 Å². The summed E-state index contributed by atoms with van der Waals surface area (Å²) in [6.45, 7) is 0. The van der Waals surface area contributed by atoms with Crippen LogP contribution in [0.15, 0.2) is 170 Å². The molecule has 0 bridgehead atoms. The van der Waals surface area contributed by atoms with E-state index in [0.29, 0.717) is 8.64 Å². The second-order valence-corrected chi connectivity index (χ2v) is 13.3. The van der Waals surface area contributed by atoms with Crippen molar-refractivity contribution in [1.82, 2.24) is 0 Å². The molecule has 49 heavy (non-hydrogen) atoms. The molecule has 2 nitrogen and oxygen atoms in total. The maximum atomic E-state index is 5.45. The third-order valence-corrected chi connectivity index (χ3v) is 9.13. The molecule has 0 saturated heterocycles. The van der Waals surface area contributed by atoms with E-state index in [1.807, 2.05) is 82.6 Å². The third kappa shape index (κ3) is 7.05. The average Bonchev–Trinajstić information content (AvgIpc) is 3.12. The van der Waals surface area contributed by atoms with Gasteiger partial charge in [-0.25, -0.2) is 0 Å². The molecule has 0 fully saturated rings. The van der Waals surface area contributed by atoms with Crippen molar-refractivity contribution in [2.45, 2.75) is 0 Å². The SMILES string of the molecule is S=C([S-])N(c1cccc2ccccc12)c1cccc2ccccc12.S=C([S-])N(c1cccc2ccccc12)c1cccc2ccccc12.[Zn+2]. The summed E-state index contributed by atoms with van der Waals surface area (Å²) in [6.07, 6.45) is 0. The first-order valence-corrected chi connectivity index (χ1v) is 17.1. The molecule has 7 heteroatoms. The average molecular weight is 754 g/mol. The normalized spacial score (nSPS) is 10.6. The Kier molecular flexibility index (Phi) is 10.9. The molecule has 0 unspecified atom stereocenters. The van der Waals surface area contributed by atoms with Crippen LogP contribution in [0.5, 0.6) is 0 Å².